The molecule has 7 nitrogen and oxygen atoms in total. The van der Waals surface area contributed by atoms with Gasteiger partial charge in [0.2, 0.25) is 5.96 Å². The molecule has 194 valence electrons. The van der Waals surface area contributed by atoms with E-state index in [1.54, 1.807) is 12.1 Å². The van der Waals surface area contributed by atoms with Gasteiger partial charge >= 0.3 is 0 Å². The highest BCUT2D eigenvalue weighted by Crippen LogP contribution is 2.23. The number of benzene rings is 2. The van der Waals surface area contributed by atoms with Crippen LogP contribution in [0.15, 0.2) is 53.5 Å². The van der Waals surface area contributed by atoms with E-state index in [1.807, 2.05) is 11.1 Å². The van der Waals surface area contributed by atoms with Crippen molar-refractivity contribution < 1.29 is 18.4 Å². The molecule has 0 radical (unpaired) electrons. The second-order valence-electron chi connectivity index (χ2n) is 9.56. The number of halogens is 2. The smallest absolute Gasteiger partial charge is 0.207 e. The molecule has 9 heteroatoms. The molecule has 0 aromatic heterocycles. The molecule has 0 unspecified atom stereocenters. The molecule has 2 heterocycles. The zero-order valence-corrected chi connectivity index (χ0v) is 20.7. The van der Waals surface area contributed by atoms with Crippen LogP contribution in [0.1, 0.15) is 46.4 Å². The number of piperidine rings is 2. The summed E-state index contributed by atoms with van der Waals surface area (Å²) in [5, 5.41) is 11.9. The number of ketones is 2. The van der Waals surface area contributed by atoms with Crippen molar-refractivity contribution in [2.75, 3.05) is 39.3 Å². The molecule has 2 saturated heterocycles. The Balaban J connectivity index is 1.23. The first-order valence-corrected chi connectivity index (χ1v) is 12.7. The van der Waals surface area contributed by atoms with Gasteiger partial charge in [0.1, 0.15) is 11.6 Å². The lowest BCUT2D eigenvalue weighted by Gasteiger charge is -2.33. The first-order chi connectivity index (χ1) is 17.9. The number of nitriles is 1. The molecular formula is C28H31F2N5O2. The Hall–Kier alpha value is -3.64. The predicted molar refractivity (Wildman–Crippen MR) is 136 cm³/mol. The Morgan fingerprint density at radius 1 is 0.838 bits per heavy atom. The van der Waals surface area contributed by atoms with Crippen molar-refractivity contribution in [2.45, 2.75) is 25.7 Å². The molecule has 0 atom stereocenters. The van der Waals surface area contributed by atoms with Crippen LogP contribution in [0.2, 0.25) is 0 Å². The van der Waals surface area contributed by atoms with Gasteiger partial charge in [-0.1, -0.05) is 0 Å². The average Bonchev–Trinajstić information content (AvgIpc) is 2.93. The number of rotatable bonds is 7. The molecule has 0 aliphatic carbocycles. The quantitative estimate of drug-likeness (QED) is 0.201. The highest BCUT2D eigenvalue weighted by Gasteiger charge is 2.28. The molecule has 2 aliphatic rings. The van der Waals surface area contributed by atoms with Crippen molar-refractivity contribution in [3.63, 3.8) is 0 Å². The van der Waals surface area contributed by atoms with Gasteiger partial charge in [0.15, 0.2) is 17.8 Å². The molecule has 1 N–H and O–H groups in total. The monoisotopic (exact) mass is 507 g/mol. The topological polar surface area (TPSA) is 88.8 Å². The van der Waals surface area contributed by atoms with Crippen LogP contribution in [0.25, 0.3) is 0 Å². The predicted octanol–water partition coefficient (Wildman–Crippen LogP) is 3.88. The Morgan fingerprint density at radius 3 is 1.76 bits per heavy atom. The van der Waals surface area contributed by atoms with Crippen molar-refractivity contribution in [1.82, 2.24) is 15.1 Å². The zero-order chi connectivity index (χ0) is 26.2. The number of aliphatic imine (C=N–C) groups is 1. The first kappa shape index (κ1) is 26.4. The van der Waals surface area contributed by atoms with E-state index >= 15 is 0 Å². The van der Waals surface area contributed by atoms with E-state index in [-0.39, 0.29) is 35.0 Å². The largest absolute Gasteiger partial charge is 0.342 e. The minimum atomic E-state index is -0.363. The molecule has 37 heavy (non-hydrogen) atoms. The number of nitrogens with zero attached hydrogens (tertiary/aromatic N) is 4. The lowest BCUT2D eigenvalue weighted by atomic mass is 9.89. The number of likely N-dealkylation sites (tertiary alicyclic amines) is 2. The Bertz CT molecular complexity index is 1140. The van der Waals surface area contributed by atoms with Gasteiger partial charge in [0, 0.05) is 42.6 Å². The van der Waals surface area contributed by atoms with E-state index in [2.05, 4.69) is 15.2 Å². The van der Waals surface area contributed by atoms with Gasteiger partial charge in [-0.25, -0.2) is 8.78 Å². The van der Waals surface area contributed by atoms with E-state index in [9.17, 15) is 23.6 Å². The molecule has 2 aromatic carbocycles. The molecule has 2 fully saturated rings. The number of hydrogen-bond donors (Lipinski definition) is 1. The maximum atomic E-state index is 13.2. The minimum absolute atomic E-state index is 0.0210. The summed E-state index contributed by atoms with van der Waals surface area (Å²) >= 11 is 0. The van der Waals surface area contributed by atoms with E-state index < -0.39 is 0 Å². The summed E-state index contributed by atoms with van der Waals surface area (Å²) < 4.78 is 26.3. The van der Waals surface area contributed by atoms with Gasteiger partial charge in [-0.3, -0.25) is 19.9 Å². The van der Waals surface area contributed by atoms with Crippen LogP contribution < -0.4 is 5.32 Å². The van der Waals surface area contributed by atoms with Crippen LogP contribution in [0.3, 0.4) is 0 Å². The second-order valence-corrected chi connectivity index (χ2v) is 9.56. The van der Waals surface area contributed by atoms with Gasteiger partial charge < -0.3 is 9.80 Å². The minimum Gasteiger partial charge on any atom is -0.342 e. The van der Waals surface area contributed by atoms with Crippen LogP contribution in [-0.4, -0.2) is 66.6 Å². The van der Waals surface area contributed by atoms with Crippen molar-refractivity contribution in [1.29, 1.82) is 5.26 Å². The number of Topliss-reactive ketones (excluding diaryl/α,β-unsaturated/α-hetero) is 2. The van der Waals surface area contributed by atoms with E-state index in [0.717, 1.165) is 25.9 Å². The fourth-order valence-corrected chi connectivity index (χ4v) is 5.04. The summed E-state index contributed by atoms with van der Waals surface area (Å²) in [4.78, 5) is 34.3. The van der Waals surface area contributed by atoms with Gasteiger partial charge in [0.25, 0.3) is 0 Å². The van der Waals surface area contributed by atoms with E-state index in [0.29, 0.717) is 56.1 Å². The SMILES string of the molecule is N#CNC(=NCCN1CCC(C(=O)c2ccc(F)cc2)CC1)N1CCC(C(=O)c2ccc(F)cc2)CC1. The van der Waals surface area contributed by atoms with Gasteiger partial charge in [0.05, 0.1) is 6.54 Å². The summed E-state index contributed by atoms with van der Waals surface area (Å²) in [6, 6.07) is 11.4. The number of carbonyl (C=O) groups is 2. The molecule has 0 amide bonds. The van der Waals surface area contributed by atoms with Crippen molar-refractivity contribution in [2.24, 2.45) is 16.8 Å². The average molecular weight is 508 g/mol. The maximum Gasteiger partial charge on any atom is 0.207 e. The fourth-order valence-electron chi connectivity index (χ4n) is 5.04. The molecule has 2 aromatic rings. The zero-order valence-electron chi connectivity index (χ0n) is 20.7. The standard InChI is InChI=1S/C28H31F2N5O2/c29-24-5-1-20(2-6-24)26(36)22-9-14-34(15-10-22)18-13-32-28(33-19-31)35-16-11-23(12-17-35)27(37)21-3-7-25(30)8-4-21/h1-8,22-23H,9-18H2,(H,32,33). The molecule has 0 bridgehead atoms. The third-order valence-corrected chi connectivity index (χ3v) is 7.23. The highest BCUT2D eigenvalue weighted by atomic mass is 19.1. The lowest BCUT2D eigenvalue weighted by molar-refractivity contribution is 0.0840. The number of guanidine groups is 1. The van der Waals surface area contributed by atoms with Crippen molar-refractivity contribution in [3.8, 4) is 6.19 Å². The fraction of sp³-hybridized carbons (Fsp3) is 0.429. The summed E-state index contributed by atoms with van der Waals surface area (Å²) in [5.74, 6) is -0.301. The second kappa shape index (κ2) is 12.5. The van der Waals surface area contributed by atoms with Crippen LogP contribution >= 0.6 is 0 Å². The number of nitrogens with one attached hydrogen (secondary N) is 1. The van der Waals surface area contributed by atoms with Gasteiger partial charge in [-0.15, -0.1) is 0 Å². The van der Waals surface area contributed by atoms with Gasteiger partial charge in [-0.2, -0.15) is 5.26 Å². The van der Waals surface area contributed by atoms with Crippen LogP contribution in [0.5, 0.6) is 0 Å². The highest BCUT2D eigenvalue weighted by molar-refractivity contribution is 5.98. The number of carbonyl (C=O) groups excluding carboxylic acids is 2. The molecule has 2 aliphatic heterocycles. The summed E-state index contributed by atoms with van der Waals surface area (Å²) in [5.41, 5.74) is 1.08. The van der Waals surface area contributed by atoms with Crippen LogP contribution in [0.4, 0.5) is 8.78 Å². The molecule has 0 spiro atoms. The van der Waals surface area contributed by atoms with E-state index in [4.69, 9.17) is 0 Å². The van der Waals surface area contributed by atoms with Crippen LogP contribution in [0, 0.1) is 34.9 Å². The molecular weight excluding hydrogens is 476 g/mol. The molecule has 0 saturated carbocycles. The molecule has 4 rings (SSSR count). The number of hydrogen-bond acceptors (Lipinski definition) is 5. The van der Waals surface area contributed by atoms with Gasteiger partial charge in [-0.05, 0) is 87.3 Å². The Kier molecular flexibility index (Phi) is 8.96. The Labute approximate surface area is 215 Å². The normalized spacial score (nSPS) is 17.9. The maximum absolute atomic E-state index is 13.2. The first-order valence-electron chi connectivity index (χ1n) is 12.7. The Morgan fingerprint density at radius 2 is 1.30 bits per heavy atom. The summed E-state index contributed by atoms with van der Waals surface area (Å²) in [6.45, 7) is 3.99. The van der Waals surface area contributed by atoms with Crippen molar-refractivity contribution >= 4 is 17.5 Å². The lowest BCUT2D eigenvalue weighted by Crippen LogP contribution is -2.45. The van der Waals surface area contributed by atoms with E-state index in [1.165, 1.54) is 36.4 Å². The summed E-state index contributed by atoms with van der Waals surface area (Å²) in [7, 11) is 0. The van der Waals surface area contributed by atoms with Crippen molar-refractivity contribution in [3.05, 3.63) is 71.3 Å². The third kappa shape index (κ3) is 6.98. The summed E-state index contributed by atoms with van der Waals surface area (Å²) in [6.07, 6.45) is 4.73. The third-order valence-electron chi connectivity index (χ3n) is 7.23. The van der Waals surface area contributed by atoms with Crippen LogP contribution in [-0.2, 0) is 0 Å².